The molecule has 1 unspecified atom stereocenters. The Hall–Kier alpha value is 0.730. The molecular formula is C16H35BrClN. The molecule has 0 spiro atoms. The average Bonchev–Trinajstić information content (AvgIpc) is 2.40. The fourth-order valence-electron chi connectivity index (χ4n) is 2.58. The van der Waals surface area contributed by atoms with Gasteiger partial charge in [0.15, 0.2) is 6.00 Å². The second kappa shape index (κ2) is 15.1. The van der Waals surface area contributed by atoms with Crippen molar-refractivity contribution in [2.75, 3.05) is 25.6 Å². The fourth-order valence-corrected chi connectivity index (χ4v) is 2.94. The number of hydrogen-bond acceptors (Lipinski definition) is 0. The number of hydrogen-bond donors (Lipinski definition) is 0. The Morgan fingerprint density at radius 2 is 1.05 bits per heavy atom. The van der Waals surface area contributed by atoms with Gasteiger partial charge in [-0.15, -0.1) is 0 Å². The zero-order valence-corrected chi connectivity index (χ0v) is 15.7. The van der Waals surface area contributed by atoms with E-state index >= 15 is 0 Å². The van der Waals surface area contributed by atoms with Gasteiger partial charge in [-0.1, -0.05) is 58.1 Å². The summed E-state index contributed by atoms with van der Waals surface area (Å²) in [6, 6.07) is 0.815. The van der Waals surface area contributed by atoms with Crippen LogP contribution in [0.4, 0.5) is 0 Å². The number of halogens is 2. The van der Waals surface area contributed by atoms with Crippen LogP contribution in [-0.4, -0.2) is 30.1 Å². The Kier molecular flexibility index (Phi) is 17.5. The monoisotopic (exact) mass is 355 g/mol. The summed E-state index contributed by atoms with van der Waals surface area (Å²) in [5.74, 6) is 0. The highest BCUT2D eigenvalue weighted by Crippen LogP contribution is 2.17. The van der Waals surface area contributed by atoms with Crippen molar-refractivity contribution in [3.8, 4) is 0 Å². The number of alkyl halides is 1. The topological polar surface area (TPSA) is 0 Å². The van der Waals surface area contributed by atoms with Crippen LogP contribution in [-0.2, 0) is 0 Å². The molecular weight excluding hydrogens is 322 g/mol. The first-order valence-electron chi connectivity index (χ1n) is 8.15. The first kappa shape index (κ1) is 22.0. The molecule has 19 heavy (non-hydrogen) atoms. The highest BCUT2D eigenvalue weighted by atomic mass is 79.9. The predicted molar refractivity (Wildman–Crippen MR) is 84.2 cm³/mol. The van der Waals surface area contributed by atoms with E-state index in [1.807, 2.05) is 0 Å². The molecule has 1 nitrogen and oxygen atoms in total. The lowest BCUT2D eigenvalue weighted by molar-refractivity contribution is -0.918. The Bertz CT molecular complexity index is 178. The third-order valence-electron chi connectivity index (χ3n) is 3.96. The molecule has 0 aromatic carbocycles. The maximum absolute atomic E-state index is 6.32. The molecule has 0 amide bonds. The maximum Gasteiger partial charge on any atom is 0.154 e. The van der Waals surface area contributed by atoms with Gasteiger partial charge in [0.25, 0.3) is 0 Å². The summed E-state index contributed by atoms with van der Waals surface area (Å²) in [7, 11) is 0. The molecule has 0 radical (unpaired) electrons. The fraction of sp³-hybridized carbons (Fsp3) is 1.00. The molecule has 0 aliphatic rings. The molecule has 0 rings (SSSR count). The SMILES string of the molecule is CCCCCC[N+](CCl)(CCCC)CCCCC.[Br-]. The molecule has 118 valence electrons. The van der Waals surface area contributed by atoms with Gasteiger partial charge in [-0.2, -0.15) is 0 Å². The second-order valence-corrected chi connectivity index (χ2v) is 5.99. The predicted octanol–water partition coefficient (Wildman–Crippen LogP) is 2.57. The van der Waals surface area contributed by atoms with Crippen molar-refractivity contribution in [3.63, 3.8) is 0 Å². The average molecular weight is 357 g/mol. The van der Waals surface area contributed by atoms with E-state index in [9.17, 15) is 0 Å². The van der Waals surface area contributed by atoms with E-state index in [0.717, 1.165) is 6.00 Å². The number of rotatable bonds is 13. The van der Waals surface area contributed by atoms with E-state index in [4.69, 9.17) is 11.6 Å². The Morgan fingerprint density at radius 1 is 0.632 bits per heavy atom. The van der Waals surface area contributed by atoms with Crippen LogP contribution in [0, 0.1) is 0 Å². The standard InChI is InChI=1S/C16H35ClN.BrH/c1-4-7-10-12-15-18(16-17,13-9-6-3)14-11-8-5-2;/h4-16H2,1-3H3;1H/q+1;/p-1. The van der Waals surface area contributed by atoms with Crippen molar-refractivity contribution in [3.05, 3.63) is 0 Å². The molecule has 0 aromatic rings. The molecule has 0 N–H and O–H groups in total. The van der Waals surface area contributed by atoms with Gasteiger partial charge in [-0.3, -0.25) is 0 Å². The number of nitrogens with zero attached hydrogens (tertiary/aromatic N) is 1. The summed E-state index contributed by atoms with van der Waals surface area (Å²) in [6.45, 7) is 10.7. The zero-order valence-electron chi connectivity index (χ0n) is 13.4. The van der Waals surface area contributed by atoms with Crippen LogP contribution >= 0.6 is 11.6 Å². The minimum atomic E-state index is 0. The van der Waals surface area contributed by atoms with E-state index in [2.05, 4.69) is 20.8 Å². The van der Waals surface area contributed by atoms with Crippen LogP contribution < -0.4 is 17.0 Å². The smallest absolute Gasteiger partial charge is 0.154 e. The molecule has 1 atom stereocenters. The highest BCUT2D eigenvalue weighted by Gasteiger charge is 2.24. The van der Waals surface area contributed by atoms with Gasteiger partial charge in [0.05, 0.1) is 19.6 Å². The zero-order chi connectivity index (χ0) is 13.7. The number of unbranched alkanes of at least 4 members (excludes halogenated alkanes) is 6. The molecule has 0 bridgehead atoms. The molecule has 0 heterocycles. The van der Waals surface area contributed by atoms with E-state index in [1.165, 1.54) is 81.9 Å². The largest absolute Gasteiger partial charge is 1.00 e. The van der Waals surface area contributed by atoms with Crippen LogP contribution in [0.5, 0.6) is 0 Å². The summed E-state index contributed by atoms with van der Waals surface area (Å²) >= 11 is 6.32. The number of quaternary nitrogens is 1. The van der Waals surface area contributed by atoms with Crippen LogP contribution in [0.3, 0.4) is 0 Å². The summed E-state index contributed by atoms with van der Waals surface area (Å²) in [5.41, 5.74) is 0. The molecule has 0 aliphatic heterocycles. The quantitative estimate of drug-likeness (QED) is 0.206. The third kappa shape index (κ3) is 11.1. The lowest BCUT2D eigenvalue weighted by atomic mass is 10.1. The van der Waals surface area contributed by atoms with Crippen LogP contribution in [0.2, 0.25) is 0 Å². The summed E-state index contributed by atoms with van der Waals surface area (Å²) < 4.78 is 1.17. The lowest BCUT2D eigenvalue weighted by Crippen LogP contribution is -3.00. The molecule has 0 aromatic heterocycles. The molecule has 0 aliphatic carbocycles. The summed E-state index contributed by atoms with van der Waals surface area (Å²) in [5, 5.41) is 0. The van der Waals surface area contributed by atoms with Crippen molar-refractivity contribution >= 4 is 11.6 Å². The Labute approximate surface area is 137 Å². The maximum atomic E-state index is 6.32. The van der Waals surface area contributed by atoms with Crippen LogP contribution in [0.25, 0.3) is 0 Å². The van der Waals surface area contributed by atoms with Gasteiger partial charge < -0.3 is 21.5 Å². The third-order valence-corrected chi connectivity index (χ3v) is 4.47. The van der Waals surface area contributed by atoms with Crippen molar-refractivity contribution in [2.45, 2.75) is 78.6 Å². The van der Waals surface area contributed by atoms with Gasteiger partial charge in [0.1, 0.15) is 0 Å². The van der Waals surface area contributed by atoms with E-state index in [-0.39, 0.29) is 17.0 Å². The van der Waals surface area contributed by atoms with Gasteiger partial charge in [-0.05, 0) is 32.1 Å². The van der Waals surface area contributed by atoms with Crippen LogP contribution in [0.1, 0.15) is 78.6 Å². The van der Waals surface area contributed by atoms with Crippen molar-refractivity contribution in [2.24, 2.45) is 0 Å². The van der Waals surface area contributed by atoms with Gasteiger partial charge in [-0.25, -0.2) is 0 Å². The van der Waals surface area contributed by atoms with Crippen molar-refractivity contribution in [1.29, 1.82) is 0 Å². The Morgan fingerprint density at radius 3 is 1.53 bits per heavy atom. The van der Waals surface area contributed by atoms with Crippen LogP contribution in [0.15, 0.2) is 0 Å². The molecule has 3 heteroatoms. The highest BCUT2D eigenvalue weighted by molar-refractivity contribution is 6.16. The second-order valence-electron chi connectivity index (χ2n) is 5.75. The molecule has 0 saturated carbocycles. The molecule has 0 fully saturated rings. The van der Waals surface area contributed by atoms with E-state index < -0.39 is 0 Å². The van der Waals surface area contributed by atoms with E-state index in [0.29, 0.717) is 0 Å². The summed E-state index contributed by atoms with van der Waals surface area (Å²) in [4.78, 5) is 0. The minimum absolute atomic E-state index is 0. The lowest BCUT2D eigenvalue weighted by Gasteiger charge is -2.37. The normalized spacial score (nSPS) is 13.9. The first-order valence-corrected chi connectivity index (χ1v) is 8.69. The Balaban J connectivity index is 0. The first-order chi connectivity index (χ1) is 8.74. The van der Waals surface area contributed by atoms with Gasteiger partial charge in [0, 0.05) is 0 Å². The van der Waals surface area contributed by atoms with Gasteiger partial charge >= 0.3 is 0 Å². The minimum Gasteiger partial charge on any atom is -1.00 e. The van der Waals surface area contributed by atoms with E-state index in [1.54, 1.807) is 0 Å². The summed E-state index contributed by atoms with van der Waals surface area (Å²) in [6.07, 6.45) is 12.1. The van der Waals surface area contributed by atoms with Crippen molar-refractivity contribution in [1.82, 2.24) is 0 Å². The van der Waals surface area contributed by atoms with Gasteiger partial charge in [0.2, 0.25) is 0 Å². The molecule has 0 saturated heterocycles. The van der Waals surface area contributed by atoms with Crippen molar-refractivity contribution < 1.29 is 21.5 Å².